The normalized spacial score (nSPS) is 9.32. The number of ether oxygens (including phenoxy) is 1. The number of alkyl halides is 1. The van der Waals surface area contributed by atoms with Gasteiger partial charge in [0.25, 0.3) is 0 Å². The SMILES string of the molecule is CCOC(=O)c1cc(C)ccc1N.CNc1ccc(C)cc1CCl.Cl. The molecule has 0 fully saturated rings. The minimum absolute atomic E-state index is 0. The molecule has 0 aromatic heterocycles. The number of carbonyl (C=O) groups is 1. The Bertz CT molecular complexity index is 691. The van der Waals surface area contributed by atoms with Crippen LogP contribution in [-0.4, -0.2) is 19.6 Å². The summed E-state index contributed by atoms with van der Waals surface area (Å²) in [6.45, 7) is 6.10. The number of halogens is 2. The smallest absolute Gasteiger partial charge is 0.340 e. The van der Waals surface area contributed by atoms with Gasteiger partial charge in [0, 0.05) is 24.3 Å². The predicted octanol–water partition coefficient (Wildman–Crippen LogP) is 4.95. The number of esters is 1. The molecule has 0 spiro atoms. The van der Waals surface area contributed by atoms with Crippen molar-refractivity contribution in [2.45, 2.75) is 26.7 Å². The molecule has 2 aromatic rings. The van der Waals surface area contributed by atoms with Gasteiger partial charge in [-0.3, -0.25) is 0 Å². The summed E-state index contributed by atoms with van der Waals surface area (Å²) in [5.74, 6) is 0.210. The van der Waals surface area contributed by atoms with Crippen molar-refractivity contribution in [3.8, 4) is 0 Å². The van der Waals surface area contributed by atoms with E-state index in [9.17, 15) is 4.79 Å². The summed E-state index contributed by atoms with van der Waals surface area (Å²) in [6.07, 6.45) is 0. The highest BCUT2D eigenvalue weighted by Gasteiger charge is 2.09. The van der Waals surface area contributed by atoms with Crippen molar-refractivity contribution >= 4 is 41.4 Å². The lowest BCUT2D eigenvalue weighted by molar-refractivity contribution is 0.0527. The number of nitrogen functional groups attached to an aromatic ring is 1. The fraction of sp³-hybridized carbons (Fsp3) is 0.316. The van der Waals surface area contributed by atoms with Gasteiger partial charge in [-0.05, 0) is 44.5 Å². The number of nitrogens with one attached hydrogen (secondary N) is 1. The summed E-state index contributed by atoms with van der Waals surface area (Å²) < 4.78 is 4.84. The van der Waals surface area contributed by atoms with E-state index in [2.05, 4.69) is 24.4 Å². The molecule has 2 rings (SSSR count). The van der Waals surface area contributed by atoms with Gasteiger partial charge in [0.05, 0.1) is 12.2 Å². The molecule has 0 bridgehead atoms. The minimum atomic E-state index is -0.358. The van der Waals surface area contributed by atoms with E-state index in [4.69, 9.17) is 22.1 Å². The molecule has 0 aliphatic heterocycles. The number of carbonyl (C=O) groups excluding carboxylic acids is 1. The van der Waals surface area contributed by atoms with Gasteiger partial charge in [-0.2, -0.15) is 0 Å². The maximum atomic E-state index is 11.3. The summed E-state index contributed by atoms with van der Waals surface area (Å²) in [6, 6.07) is 11.5. The first-order valence-electron chi connectivity index (χ1n) is 7.79. The van der Waals surface area contributed by atoms with Crippen LogP contribution in [0.1, 0.15) is 34.0 Å². The van der Waals surface area contributed by atoms with E-state index in [0.717, 1.165) is 16.8 Å². The van der Waals surface area contributed by atoms with E-state index in [1.807, 2.05) is 26.1 Å². The fourth-order valence-corrected chi connectivity index (χ4v) is 2.35. The molecule has 0 saturated carbocycles. The zero-order chi connectivity index (χ0) is 18.1. The molecule has 0 saturated heterocycles. The van der Waals surface area contributed by atoms with Crippen LogP contribution in [0.3, 0.4) is 0 Å². The van der Waals surface area contributed by atoms with Crippen molar-refractivity contribution in [2.75, 3.05) is 24.7 Å². The average Bonchev–Trinajstić information content (AvgIpc) is 2.57. The van der Waals surface area contributed by atoms with Crippen LogP contribution in [0.15, 0.2) is 36.4 Å². The maximum absolute atomic E-state index is 11.3. The van der Waals surface area contributed by atoms with Crippen molar-refractivity contribution in [3.63, 3.8) is 0 Å². The number of benzene rings is 2. The Balaban J connectivity index is 0.000000449. The van der Waals surface area contributed by atoms with Crippen molar-refractivity contribution < 1.29 is 9.53 Å². The second kappa shape index (κ2) is 11.6. The summed E-state index contributed by atoms with van der Waals surface area (Å²) in [5, 5.41) is 3.09. The van der Waals surface area contributed by atoms with Gasteiger partial charge in [0.1, 0.15) is 0 Å². The van der Waals surface area contributed by atoms with Crippen LogP contribution in [-0.2, 0) is 10.6 Å². The first-order chi connectivity index (χ1) is 11.4. The summed E-state index contributed by atoms with van der Waals surface area (Å²) >= 11 is 5.74. The van der Waals surface area contributed by atoms with Crippen molar-refractivity contribution in [2.24, 2.45) is 0 Å². The van der Waals surface area contributed by atoms with Gasteiger partial charge >= 0.3 is 5.97 Å². The van der Waals surface area contributed by atoms with Crippen molar-refractivity contribution in [1.82, 2.24) is 0 Å². The van der Waals surface area contributed by atoms with E-state index < -0.39 is 0 Å². The lowest BCUT2D eigenvalue weighted by Crippen LogP contribution is -2.08. The van der Waals surface area contributed by atoms with Gasteiger partial charge in [-0.15, -0.1) is 24.0 Å². The predicted molar refractivity (Wildman–Crippen MR) is 109 cm³/mol. The van der Waals surface area contributed by atoms with Crippen molar-refractivity contribution in [3.05, 3.63) is 58.7 Å². The molecule has 0 aliphatic carbocycles. The third kappa shape index (κ3) is 7.24. The Labute approximate surface area is 161 Å². The maximum Gasteiger partial charge on any atom is 0.340 e. The largest absolute Gasteiger partial charge is 0.462 e. The third-order valence-corrected chi connectivity index (χ3v) is 3.67. The zero-order valence-corrected chi connectivity index (χ0v) is 16.6. The van der Waals surface area contributed by atoms with Gasteiger partial charge in [0.15, 0.2) is 0 Å². The van der Waals surface area contributed by atoms with Crippen LogP contribution < -0.4 is 11.1 Å². The number of nitrogens with two attached hydrogens (primary N) is 1. The van der Waals surface area contributed by atoms with Crippen LogP contribution in [0.5, 0.6) is 0 Å². The van der Waals surface area contributed by atoms with Crippen molar-refractivity contribution in [1.29, 1.82) is 0 Å². The molecule has 25 heavy (non-hydrogen) atoms. The molecule has 138 valence electrons. The Morgan fingerprint density at radius 1 is 1.16 bits per heavy atom. The summed E-state index contributed by atoms with van der Waals surface area (Å²) in [7, 11) is 1.90. The average molecular weight is 385 g/mol. The van der Waals surface area contributed by atoms with Crippen LogP contribution in [0.25, 0.3) is 0 Å². The van der Waals surface area contributed by atoms with Crippen LogP contribution in [0.2, 0.25) is 0 Å². The number of anilines is 2. The molecule has 0 radical (unpaired) electrons. The molecular formula is C19H26Cl2N2O2. The molecule has 0 atom stereocenters. The lowest BCUT2D eigenvalue weighted by atomic mass is 10.1. The Morgan fingerprint density at radius 2 is 1.76 bits per heavy atom. The minimum Gasteiger partial charge on any atom is -0.462 e. The van der Waals surface area contributed by atoms with Gasteiger partial charge < -0.3 is 15.8 Å². The molecular weight excluding hydrogens is 359 g/mol. The highest BCUT2D eigenvalue weighted by atomic mass is 35.5. The Kier molecular flexibility index (Phi) is 10.7. The number of rotatable bonds is 4. The van der Waals surface area contributed by atoms with E-state index in [1.165, 1.54) is 5.56 Å². The third-order valence-electron chi connectivity index (χ3n) is 3.38. The molecule has 4 nitrogen and oxygen atoms in total. The van der Waals surface area contributed by atoms with E-state index in [1.54, 1.807) is 19.1 Å². The number of aryl methyl sites for hydroxylation is 2. The number of hydrogen-bond acceptors (Lipinski definition) is 4. The van der Waals surface area contributed by atoms with Gasteiger partial charge in [-0.25, -0.2) is 4.79 Å². The molecule has 0 unspecified atom stereocenters. The standard InChI is InChI=1S/C10H13NO2.C9H12ClN.ClH/c1-3-13-10(12)8-6-7(2)4-5-9(8)11;1-7-3-4-9(11-2)8(5-7)6-10;/h4-6H,3,11H2,1-2H3;3-5,11H,6H2,1-2H3;1H. The molecule has 0 heterocycles. The van der Waals surface area contributed by atoms with Crippen LogP contribution in [0.4, 0.5) is 11.4 Å². The highest BCUT2D eigenvalue weighted by Crippen LogP contribution is 2.18. The fourth-order valence-electron chi connectivity index (χ4n) is 2.13. The number of hydrogen-bond donors (Lipinski definition) is 2. The Morgan fingerprint density at radius 3 is 2.32 bits per heavy atom. The first-order valence-corrected chi connectivity index (χ1v) is 8.32. The zero-order valence-electron chi connectivity index (χ0n) is 15.1. The summed E-state index contributed by atoms with van der Waals surface area (Å²) in [4.78, 5) is 11.3. The second-order valence-electron chi connectivity index (χ2n) is 5.36. The molecule has 3 N–H and O–H groups in total. The molecule has 2 aromatic carbocycles. The second-order valence-corrected chi connectivity index (χ2v) is 5.62. The van der Waals surface area contributed by atoms with Gasteiger partial charge in [0.2, 0.25) is 0 Å². The van der Waals surface area contributed by atoms with E-state index in [-0.39, 0.29) is 18.4 Å². The molecule has 0 amide bonds. The van der Waals surface area contributed by atoms with E-state index in [0.29, 0.717) is 23.7 Å². The first kappa shape index (κ1) is 23.1. The van der Waals surface area contributed by atoms with Gasteiger partial charge in [-0.1, -0.05) is 29.3 Å². The Hall–Kier alpha value is -1.91. The van der Waals surface area contributed by atoms with E-state index >= 15 is 0 Å². The monoisotopic (exact) mass is 384 g/mol. The molecule has 0 aliphatic rings. The molecule has 6 heteroatoms. The highest BCUT2D eigenvalue weighted by molar-refractivity contribution is 6.17. The quantitative estimate of drug-likeness (QED) is 0.444. The topological polar surface area (TPSA) is 64.3 Å². The summed E-state index contributed by atoms with van der Waals surface area (Å²) in [5.41, 5.74) is 11.1. The van der Waals surface area contributed by atoms with Crippen LogP contribution >= 0.6 is 24.0 Å². The lowest BCUT2D eigenvalue weighted by Gasteiger charge is -2.06. The van der Waals surface area contributed by atoms with Crippen LogP contribution in [0, 0.1) is 13.8 Å².